The van der Waals surface area contributed by atoms with Gasteiger partial charge in [0.05, 0.1) is 22.1 Å². The maximum atomic E-state index is 13.2. The molecule has 3 atom stereocenters. The van der Waals surface area contributed by atoms with E-state index >= 15 is 0 Å². The molecule has 3 aromatic rings. The molecule has 3 aliphatic heterocycles. The van der Waals surface area contributed by atoms with Crippen LogP contribution in [0.25, 0.3) is 22.1 Å². The molecule has 3 saturated heterocycles. The average Bonchev–Trinajstić information content (AvgIpc) is 3.54. The minimum absolute atomic E-state index is 0.0134. The fourth-order valence-electron chi connectivity index (χ4n) is 6.36. The number of nitrogens with zero attached hydrogens (tertiary/aromatic N) is 8. The second-order valence-electron chi connectivity index (χ2n) is 13.2. The van der Waals surface area contributed by atoms with E-state index in [2.05, 4.69) is 44.4 Å². The maximum absolute atomic E-state index is 13.2. The first kappa shape index (κ1) is 29.4. The first-order valence-electron chi connectivity index (χ1n) is 14.4. The lowest BCUT2D eigenvalue weighted by Crippen LogP contribution is -2.57. The molecule has 0 radical (unpaired) electrons. The summed E-state index contributed by atoms with van der Waals surface area (Å²) in [4.78, 5) is 48.9. The van der Waals surface area contributed by atoms with Crippen molar-refractivity contribution in [3.63, 3.8) is 0 Å². The van der Waals surface area contributed by atoms with Crippen LogP contribution in [0.5, 0.6) is 0 Å². The van der Waals surface area contributed by atoms with Gasteiger partial charge in [-0.3, -0.25) is 4.79 Å². The molecule has 11 nitrogen and oxygen atoms in total. The number of halogens is 2. The second-order valence-corrected chi connectivity index (χ2v) is 14.4. The zero-order valence-corrected chi connectivity index (χ0v) is 27.5. The van der Waals surface area contributed by atoms with Crippen LogP contribution in [0.2, 0.25) is 5.15 Å². The highest BCUT2D eigenvalue weighted by Gasteiger charge is 2.56. The number of anilines is 1. The van der Waals surface area contributed by atoms with E-state index in [4.69, 9.17) is 31.3 Å². The standard InChI is InChI=1S/C29H38BrClN8O3/c1-29(2,3)42-28(41)38-12-15-10-19(38)24(15)39-20(8-9-21(40)36(6)7)33-23-25(39)22-18(11-17(30)26(31)34-22)32-27(23)37-13-16(14-37)35(4)5/h11,15-16,19,24H,8-10,12-14H2,1-7H3. The van der Waals surface area contributed by atoms with Crippen molar-refractivity contribution in [2.24, 2.45) is 5.92 Å². The molecule has 3 aromatic heterocycles. The number of aryl methyl sites for hydroxylation is 1. The van der Waals surface area contributed by atoms with Crippen molar-refractivity contribution in [3.05, 3.63) is 21.5 Å². The fraction of sp³-hybridized carbons (Fsp3) is 0.621. The summed E-state index contributed by atoms with van der Waals surface area (Å²) in [6, 6.07) is 2.29. The largest absolute Gasteiger partial charge is 0.444 e. The molecule has 7 rings (SSSR count). The van der Waals surface area contributed by atoms with Gasteiger partial charge in [0.25, 0.3) is 0 Å². The smallest absolute Gasteiger partial charge is 0.410 e. The number of fused-ring (bicyclic) bond motifs is 4. The molecule has 13 heteroatoms. The number of rotatable bonds is 6. The van der Waals surface area contributed by atoms with Gasteiger partial charge >= 0.3 is 6.09 Å². The topological polar surface area (TPSA) is 99.9 Å². The predicted octanol–water partition coefficient (Wildman–Crippen LogP) is 4.35. The third-order valence-corrected chi connectivity index (χ3v) is 9.81. The Balaban J connectivity index is 1.51. The molecule has 1 saturated carbocycles. The SMILES string of the molecule is CN(C)C(=O)CCc1nc2c(N3CC(N(C)C)C3)nc3cc(Br)c(Cl)nc3c2n1C1C2CC1N(C(=O)OC(C)(C)C)C2. The quantitative estimate of drug-likeness (QED) is 0.360. The minimum Gasteiger partial charge on any atom is -0.444 e. The van der Waals surface area contributed by atoms with Crippen LogP contribution in [0.4, 0.5) is 10.6 Å². The van der Waals surface area contributed by atoms with Crippen molar-refractivity contribution in [3.8, 4) is 0 Å². The maximum Gasteiger partial charge on any atom is 0.410 e. The second kappa shape index (κ2) is 10.5. The molecular weight excluding hydrogens is 624 g/mol. The Kier molecular flexibility index (Phi) is 7.33. The molecule has 4 fully saturated rings. The molecule has 4 aliphatic rings. The van der Waals surface area contributed by atoms with Crippen molar-refractivity contribution >= 4 is 67.4 Å². The van der Waals surface area contributed by atoms with Crippen molar-refractivity contribution in [2.45, 2.75) is 63.8 Å². The monoisotopic (exact) mass is 660 g/mol. The summed E-state index contributed by atoms with van der Waals surface area (Å²) in [5.74, 6) is 1.88. The average molecular weight is 662 g/mol. The Labute approximate surface area is 259 Å². The lowest BCUT2D eigenvalue weighted by Gasteiger charge is -2.43. The summed E-state index contributed by atoms with van der Waals surface area (Å²) in [6.07, 6.45) is 1.38. The number of ether oxygens (including phenoxy) is 1. The molecule has 0 aromatic carbocycles. The third kappa shape index (κ3) is 4.98. The number of pyridine rings is 2. The summed E-state index contributed by atoms with van der Waals surface area (Å²) >= 11 is 10.1. The number of amides is 2. The van der Waals surface area contributed by atoms with Gasteiger partial charge in [0.15, 0.2) is 5.82 Å². The Hall–Kier alpha value is -2.70. The van der Waals surface area contributed by atoms with E-state index in [1.54, 1.807) is 19.0 Å². The molecule has 0 N–H and O–H groups in total. The minimum atomic E-state index is -0.578. The van der Waals surface area contributed by atoms with Gasteiger partial charge in [-0.05, 0) is 63.3 Å². The first-order valence-corrected chi connectivity index (χ1v) is 15.6. The van der Waals surface area contributed by atoms with Gasteiger partial charge in [0.2, 0.25) is 5.91 Å². The molecule has 3 unspecified atom stereocenters. The number of hydrogen-bond donors (Lipinski definition) is 0. The number of hydrogen-bond acceptors (Lipinski definition) is 8. The van der Waals surface area contributed by atoms with E-state index < -0.39 is 5.60 Å². The molecule has 6 heterocycles. The van der Waals surface area contributed by atoms with Crippen molar-refractivity contribution < 1.29 is 14.3 Å². The number of aromatic nitrogens is 4. The van der Waals surface area contributed by atoms with Gasteiger partial charge in [-0.1, -0.05) is 11.6 Å². The van der Waals surface area contributed by atoms with E-state index in [-0.39, 0.29) is 30.0 Å². The predicted molar refractivity (Wildman–Crippen MR) is 166 cm³/mol. The van der Waals surface area contributed by atoms with Crippen LogP contribution in [0, 0.1) is 5.92 Å². The van der Waals surface area contributed by atoms with Crippen molar-refractivity contribution in [2.75, 3.05) is 52.7 Å². The molecule has 2 amide bonds. The van der Waals surface area contributed by atoms with Gasteiger partial charge in [0, 0.05) is 58.5 Å². The van der Waals surface area contributed by atoms with Crippen LogP contribution in [-0.4, -0.2) is 112 Å². The number of likely N-dealkylation sites (N-methyl/N-ethyl adjacent to an activating group) is 1. The van der Waals surface area contributed by atoms with Gasteiger partial charge < -0.3 is 28.9 Å². The Morgan fingerprint density at radius 2 is 1.81 bits per heavy atom. The van der Waals surface area contributed by atoms with Crippen LogP contribution in [-0.2, 0) is 16.0 Å². The Bertz CT molecular complexity index is 1580. The number of imidazole rings is 1. The highest BCUT2D eigenvalue weighted by molar-refractivity contribution is 9.10. The summed E-state index contributed by atoms with van der Waals surface area (Å²) < 4.78 is 8.68. The van der Waals surface area contributed by atoms with E-state index in [9.17, 15) is 9.59 Å². The van der Waals surface area contributed by atoms with Gasteiger partial charge in [-0.15, -0.1) is 0 Å². The Morgan fingerprint density at radius 1 is 1.10 bits per heavy atom. The molecular formula is C29H38BrClN8O3. The normalized spacial score (nSPS) is 22.2. The Morgan fingerprint density at radius 3 is 2.45 bits per heavy atom. The fourth-order valence-corrected chi connectivity index (χ4v) is 6.81. The van der Waals surface area contributed by atoms with E-state index in [1.807, 2.05) is 31.7 Å². The van der Waals surface area contributed by atoms with Crippen molar-refractivity contribution in [1.29, 1.82) is 0 Å². The highest BCUT2D eigenvalue weighted by Crippen LogP contribution is 2.52. The van der Waals surface area contributed by atoms with E-state index in [1.165, 1.54) is 0 Å². The zero-order valence-electron chi connectivity index (χ0n) is 25.2. The van der Waals surface area contributed by atoms with E-state index in [0.29, 0.717) is 40.6 Å². The van der Waals surface area contributed by atoms with Crippen LogP contribution >= 0.6 is 27.5 Å². The third-order valence-electron chi connectivity index (χ3n) is 8.69. The van der Waals surface area contributed by atoms with Gasteiger partial charge in [0.1, 0.15) is 33.1 Å². The number of carbonyl (C=O) groups is 2. The molecule has 0 spiro atoms. The van der Waals surface area contributed by atoms with Crippen LogP contribution < -0.4 is 4.90 Å². The number of carbonyl (C=O) groups excluding carboxylic acids is 2. The summed E-state index contributed by atoms with van der Waals surface area (Å²) in [5.41, 5.74) is 2.42. The van der Waals surface area contributed by atoms with E-state index in [0.717, 1.165) is 47.7 Å². The summed E-state index contributed by atoms with van der Waals surface area (Å²) in [5, 5.41) is 0.346. The zero-order chi connectivity index (χ0) is 30.2. The molecule has 1 aliphatic carbocycles. The lowest BCUT2D eigenvalue weighted by atomic mass is 9.79. The van der Waals surface area contributed by atoms with Crippen LogP contribution in [0.1, 0.15) is 45.5 Å². The summed E-state index contributed by atoms with van der Waals surface area (Å²) in [6.45, 7) is 7.95. The molecule has 226 valence electrons. The molecule has 2 bridgehead atoms. The van der Waals surface area contributed by atoms with Crippen molar-refractivity contribution in [1.82, 2.24) is 34.2 Å². The highest BCUT2D eigenvalue weighted by atomic mass is 79.9. The summed E-state index contributed by atoms with van der Waals surface area (Å²) in [7, 11) is 7.71. The first-order chi connectivity index (χ1) is 19.7. The van der Waals surface area contributed by atoms with Gasteiger partial charge in [-0.2, -0.15) is 0 Å². The molecule has 42 heavy (non-hydrogen) atoms. The lowest BCUT2D eigenvalue weighted by molar-refractivity contribution is -0.128. The van der Waals surface area contributed by atoms with Gasteiger partial charge in [-0.25, -0.2) is 19.7 Å². The van der Waals surface area contributed by atoms with Crippen LogP contribution in [0.3, 0.4) is 0 Å². The van der Waals surface area contributed by atoms with Crippen LogP contribution in [0.15, 0.2) is 10.5 Å².